The molecule has 0 amide bonds. The Morgan fingerprint density at radius 2 is 1.86 bits per heavy atom. The van der Waals surface area contributed by atoms with Crippen LogP contribution in [0.3, 0.4) is 0 Å². The van der Waals surface area contributed by atoms with Crippen molar-refractivity contribution in [3.8, 4) is 0 Å². The van der Waals surface area contributed by atoms with Crippen molar-refractivity contribution in [1.82, 2.24) is 15.1 Å². The Kier molecular flexibility index (Phi) is 9.68. The zero-order valence-corrected chi connectivity index (χ0v) is 20.2. The number of hydrogen-bond acceptors (Lipinski definition) is 4. The second-order valence-corrected chi connectivity index (χ2v) is 8.02. The lowest BCUT2D eigenvalue weighted by atomic mass is 9.99. The number of carbonyl (C=O) groups excluding carboxylic acids is 1. The standard InChI is InChI=1S/C22H34N4O2.HI/c1-17-14-26(16-20(17)21(27)28-3)22(23-2)24-13-18-9-5-6-10-19(18)15-25-11-7-4-8-12-25;/h5-6,9-10,17,20H,4,7-8,11-16H2,1-3H3,(H,23,24);1H. The maximum absolute atomic E-state index is 12.0. The van der Waals surface area contributed by atoms with Gasteiger partial charge >= 0.3 is 5.97 Å². The van der Waals surface area contributed by atoms with Gasteiger partial charge in [0.05, 0.1) is 13.0 Å². The molecule has 0 radical (unpaired) electrons. The molecule has 2 saturated heterocycles. The van der Waals surface area contributed by atoms with E-state index in [1.807, 2.05) is 0 Å². The lowest BCUT2D eigenvalue weighted by molar-refractivity contribution is -0.145. The highest BCUT2D eigenvalue weighted by molar-refractivity contribution is 14.0. The molecule has 3 rings (SSSR count). The highest BCUT2D eigenvalue weighted by Gasteiger charge is 2.36. The number of hydrogen-bond donors (Lipinski definition) is 1. The lowest BCUT2D eigenvalue weighted by Crippen LogP contribution is -2.40. The van der Waals surface area contributed by atoms with Crippen LogP contribution in [0, 0.1) is 11.8 Å². The average Bonchev–Trinajstić information content (AvgIpc) is 3.11. The molecule has 0 bridgehead atoms. The van der Waals surface area contributed by atoms with E-state index in [1.165, 1.54) is 50.6 Å². The first kappa shape index (κ1) is 23.9. The fraction of sp³-hybridized carbons (Fsp3) is 0.636. The van der Waals surface area contributed by atoms with Crippen molar-refractivity contribution in [3.05, 3.63) is 35.4 Å². The van der Waals surface area contributed by atoms with E-state index in [0.717, 1.165) is 25.6 Å². The maximum atomic E-state index is 12.0. The number of aliphatic imine (C=N–C) groups is 1. The van der Waals surface area contributed by atoms with Crippen molar-refractivity contribution in [3.63, 3.8) is 0 Å². The molecule has 29 heavy (non-hydrogen) atoms. The number of guanidine groups is 1. The van der Waals surface area contributed by atoms with Crippen LogP contribution in [0.25, 0.3) is 0 Å². The summed E-state index contributed by atoms with van der Waals surface area (Å²) >= 11 is 0. The topological polar surface area (TPSA) is 57.2 Å². The summed E-state index contributed by atoms with van der Waals surface area (Å²) in [6.07, 6.45) is 3.97. The van der Waals surface area contributed by atoms with Gasteiger partial charge in [-0.15, -0.1) is 24.0 Å². The molecule has 1 N–H and O–H groups in total. The van der Waals surface area contributed by atoms with Gasteiger partial charge in [-0.2, -0.15) is 0 Å². The first-order valence-corrected chi connectivity index (χ1v) is 10.4. The van der Waals surface area contributed by atoms with Crippen molar-refractivity contribution in [2.75, 3.05) is 40.3 Å². The monoisotopic (exact) mass is 514 g/mol. The Hall–Kier alpha value is -1.35. The molecular weight excluding hydrogens is 479 g/mol. The number of rotatable bonds is 5. The van der Waals surface area contributed by atoms with E-state index in [0.29, 0.717) is 6.54 Å². The summed E-state index contributed by atoms with van der Waals surface area (Å²) in [5, 5.41) is 3.51. The van der Waals surface area contributed by atoms with Crippen LogP contribution in [0.1, 0.15) is 37.3 Å². The van der Waals surface area contributed by atoms with Crippen molar-refractivity contribution < 1.29 is 9.53 Å². The quantitative estimate of drug-likeness (QED) is 0.283. The molecule has 2 fully saturated rings. The van der Waals surface area contributed by atoms with Crippen molar-refractivity contribution in [2.45, 2.75) is 39.3 Å². The molecule has 1 aromatic rings. The summed E-state index contributed by atoms with van der Waals surface area (Å²) in [7, 11) is 3.27. The summed E-state index contributed by atoms with van der Waals surface area (Å²) in [6, 6.07) is 8.66. The summed E-state index contributed by atoms with van der Waals surface area (Å²) in [6.45, 7) is 7.72. The maximum Gasteiger partial charge on any atom is 0.310 e. The first-order valence-electron chi connectivity index (χ1n) is 10.4. The Balaban J connectivity index is 0.00000300. The van der Waals surface area contributed by atoms with E-state index < -0.39 is 0 Å². The molecule has 2 aliphatic heterocycles. The van der Waals surface area contributed by atoms with Gasteiger partial charge < -0.3 is 15.0 Å². The number of nitrogens with one attached hydrogen (secondary N) is 1. The number of nitrogens with zero attached hydrogens (tertiary/aromatic N) is 3. The highest BCUT2D eigenvalue weighted by Crippen LogP contribution is 2.24. The molecule has 162 valence electrons. The van der Waals surface area contributed by atoms with Crippen molar-refractivity contribution >= 4 is 35.9 Å². The van der Waals surface area contributed by atoms with Crippen LogP contribution in [0.5, 0.6) is 0 Å². The van der Waals surface area contributed by atoms with Gasteiger partial charge in [-0.05, 0) is 43.0 Å². The molecule has 0 aromatic heterocycles. The Morgan fingerprint density at radius 3 is 2.52 bits per heavy atom. The van der Waals surface area contributed by atoms with Crippen LogP contribution < -0.4 is 5.32 Å². The predicted octanol–water partition coefficient (Wildman–Crippen LogP) is 3.11. The number of likely N-dealkylation sites (tertiary alicyclic amines) is 2. The van der Waals surface area contributed by atoms with Crippen LogP contribution in [0.2, 0.25) is 0 Å². The molecule has 2 atom stereocenters. The molecule has 0 aliphatic carbocycles. The number of benzene rings is 1. The summed E-state index contributed by atoms with van der Waals surface area (Å²) in [4.78, 5) is 21.2. The molecule has 2 unspecified atom stereocenters. The van der Waals surface area contributed by atoms with Crippen molar-refractivity contribution in [2.24, 2.45) is 16.8 Å². The number of carbonyl (C=O) groups is 1. The van der Waals surface area contributed by atoms with Crippen LogP contribution in [-0.2, 0) is 22.6 Å². The van der Waals surface area contributed by atoms with E-state index in [-0.39, 0.29) is 41.8 Å². The Labute approximate surface area is 192 Å². The van der Waals surface area contributed by atoms with E-state index in [4.69, 9.17) is 4.74 Å². The normalized spacial score (nSPS) is 22.9. The SMILES string of the molecule is CN=C(NCc1ccccc1CN1CCCCC1)N1CC(C)C(C(=O)OC)C1.I. The first-order chi connectivity index (χ1) is 13.6. The van der Waals surface area contributed by atoms with Crippen LogP contribution in [-0.4, -0.2) is 62.1 Å². The average molecular weight is 514 g/mol. The third-order valence-electron chi connectivity index (χ3n) is 6.03. The number of methoxy groups -OCH3 is 1. The number of halogens is 1. The molecule has 2 heterocycles. The largest absolute Gasteiger partial charge is 0.469 e. The Bertz CT molecular complexity index is 691. The third kappa shape index (κ3) is 6.31. The summed E-state index contributed by atoms with van der Waals surface area (Å²) in [5.74, 6) is 0.899. The van der Waals surface area contributed by atoms with E-state index in [1.54, 1.807) is 7.05 Å². The smallest absolute Gasteiger partial charge is 0.310 e. The lowest BCUT2D eigenvalue weighted by Gasteiger charge is -2.27. The zero-order valence-electron chi connectivity index (χ0n) is 17.9. The van der Waals surface area contributed by atoms with Crippen molar-refractivity contribution in [1.29, 1.82) is 0 Å². The van der Waals surface area contributed by atoms with Crippen LogP contribution in [0.15, 0.2) is 29.3 Å². The van der Waals surface area contributed by atoms with Gasteiger partial charge in [-0.25, -0.2) is 0 Å². The van der Waals surface area contributed by atoms with Gasteiger partial charge in [-0.3, -0.25) is 14.7 Å². The minimum atomic E-state index is -0.127. The molecule has 1 aromatic carbocycles. The Morgan fingerprint density at radius 1 is 1.17 bits per heavy atom. The second kappa shape index (κ2) is 11.7. The molecule has 6 nitrogen and oxygen atoms in total. The highest BCUT2D eigenvalue weighted by atomic mass is 127. The van der Waals surface area contributed by atoms with Gasteiger partial charge in [0.15, 0.2) is 5.96 Å². The summed E-state index contributed by atoms with van der Waals surface area (Å²) < 4.78 is 4.95. The molecule has 2 aliphatic rings. The molecular formula is C22H35IN4O2. The minimum absolute atomic E-state index is 0. The minimum Gasteiger partial charge on any atom is -0.469 e. The fourth-order valence-corrected chi connectivity index (χ4v) is 4.35. The zero-order chi connectivity index (χ0) is 19.9. The van der Waals surface area contributed by atoms with Gasteiger partial charge in [0.1, 0.15) is 0 Å². The molecule has 0 saturated carbocycles. The van der Waals surface area contributed by atoms with E-state index >= 15 is 0 Å². The van der Waals surface area contributed by atoms with E-state index in [9.17, 15) is 4.79 Å². The van der Waals surface area contributed by atoms with Crippen LogP contribution >= 0.6 is 24.0 Å². The summed E-state index contributed by atoms with van der Waals surface area (Å²) in [5.41, 5.74) is 2.69. The number of piperidine rings is 1. The fourth-order valence-electron chi connectivity index (χ4n) is 4.35. The molecule has 7 heteroatoms. The number of ether oxygens (including phenoxy) is 1. The van der Waals surface area contributed by atoms with Gasteiger partial charge in [-0.1, -0.05) is 37.6 Å². The van der Waals surface area contributed by atoms with Gasteiger partial charge in [0.2, 0.25) is 0 Å². The van der Waals surface area contributed by atoms with E-state index in [2.05, 4.69) is 51.3 Å². The van der Waals surface area contributed by atoms with Gasteiger partial charge in [0, 0.05) is 33.2 Å². The van der Waals surface area contributed by atoms with Crippen LogP contribution in [0.4, 0.5) is 0 Å². The van der Waals surface area contributed by atoms with Gasteiger partial charge in [0.25, 0.3) is 0 Å². The second-order valence-electron chi connectivity index (χ2n) is 8.02. The third-order valence-corrected chi connectivity index (χ3v) is 6.03. The predicted molar refractivity (Wildman–Crippen MR) is 127 cm³/mol. The number of esters is 1. The molecule has 0 spiro atoms.